The van der Waals surface area contributed by atoms with Crippen molar-refractivity contribution in [2.24, 2.45) is 0 Å². The standard InChI is InChI=1S/C14H10F8O4.C8H4Cl2O2.C3H4F4O/c15-11(16)13(19,20)5-25-9(23)7-1-2-8(4-3-7)10(24)26-6-14(21,22)12(17)18;9-7(11)5-1-2-6(4-3-5)8(10)12;4-2(5)3(6,7)1-8/h1-4,11-12H,5-6H2;1-4H;2,8H,1H2. The van der Waals surface area contributed by atoms with Crippen molar-refractivity contribution in [1.29, 1.82) is 0 Å². The van der Waals surface area contributed by atoms with Crippen LogP contribution in [0, 0.1) is 0 Å². The lowest BCUT2D eigenvalue weighted by Crippen LogP contribution is -2.33. The third kappa shape index (κ3) is 14.7. The molecule has 0 aliphatic carbocycles. The molecule has 0 spiro atoms. The zero-order valence-electron chi connectivity index (χ0n) is 22.2. The van der Waals surface area contributed by atoms with Crippen LogP contribution in [0.25, 0.3) is 0 Å². The molecule has 2 rings (SSSR count). The van der Waals surface area contributed by atoms with Crippen molar-refractivity contribution >= 4 is 45.6 Å². The lowest BCUT2D eigenvalue weighted by atomic mass is 10.1. The molecule has 7 nitrogen and oxygen atoms in total. The van der Waals surface area contributed by atoms with Gasteiger partial charge in [-0.3, -0.25) is 9.59 Å². The number of aliphatic hydroxyl groups excluding tert-OH is 1. The van der Waals surface area contributed by atoms with Crippen LogP contribution in [-0.4, -0.2) is 84.4 Å². The van der Waals surface area contributed by atoms with Crippen molar-refractivity contribution in [3.63, 3.8) is 0 Å². The van der Waals surface area contributed by atoms with Gasteiger partial charge in [0.1, 0.15) is 6.61 Å². The molecule has 0 bridgehead atoms. The van der Waals surface area contributed by atoms with Gasteiger partial charge in [0, 0.05) is 11.1 Å². The Bertz CT molecular complexity index is 1210. The number of carbonyl (C=O) groups excluding carboxylic acids is 4. The van der Waals surface area contributed by atoms with E-state index in [2.05, 4.69) is 9.47 Å². The highest BCUT2D eigenvalue weighted by Crippen LogP contribution is 2.25. The maximum absolute atomic E-state index is 12.6. The van der Waals surface area contributed by atoms with Gasteiger partial charge in [0.2, 0.25) is 0 Å². The summed E-state index contributed by atoms with van der Waals surface area (Å²) in [7, 11) is 0. The van der Waals surface area contributed by atoms with Crippen LogP contribution in [-0.2, 0) is 9.47 Å². The molecule has 2 aromatic carbocycles. The van der Waals surface area contributed by atoms with Crippen molar-refractivity contribution in [2.75, 3.05) is 19.8 Å². The summed E-state index contributed by atoms with van der Waals surface area (Å²) in [6.07, 6.45) is -11.9. The summed E-state index contributed by atoms with van der Waals surface area (Å²) >= 11 is 10.4. The highest BCUT2D eigenvalue weighted by molar-refractivity contribution is 6.68. The molecule has 0 amide bonds. The Kier molecular flexibility index (Phi) is 17.1. The molecule has 0 aliphatic rings. The van der Waals surface area contributed by atoms with E-state index in [1.165, 1.54) is 24.3 Å². The van der Waals surface area contributed by atoms with Crippen molar-refractivity contribution in [1.82, 2.24) is 0 Å². The van der Waals surface area contributed by atoms with Crippen molar-refractivity contribution < 1.29 is 86.4 Å². The molecule has 46 heavy (non-hydrogen) atoms. The summed E-state index contributed by atoms with van der Waals surface area (Å²) in [4.78, 5) is 44.0. The number of hydrogen-bond donors (Lipinski definition) is 1. The second-order valence-electron chi connectivity index (χ2n) is 8.20. The largest absolute Gasteiger partial charge is 0.455 e. The van der Waals surface area contributed by atoms with Crippen molar-refractivity contribution in [2.45, 2.75) is 37.0 Å². The SMILES string of the molecule is O=C(Cl)c1ccc(C(=O)Cl)cc1.O=C(OCC(F)(F)C(F)F)c1ccc(C(=O)OCC(F)(F)C(F)F)cc1.OCC(F)(F)C(F)F. The number of alkyl halides is 12. The second kappa shape index (κ2) is 18.5. The third-order valence-corrected chi connectivity index (χ3v) is 5.09. The van der Waals surface area contributed by atoms with Crippen LogP contribution >= 0.6 is 23.2 Å². The highest BCUT2D eigenvalue weighted by atomic mass is 35.5. The predicted octanol–water partition coefficient (Wildman–Crippen LogP) is 7.12. The van der Waals surface area contributed by atoms with Crippen LogP contribution in [0.15, 0.2) is 48.5 Å². The Balaban J connectivity index is 0.000000827. The lowest BCUT2D eigenvalue weighted by molar-refractivity contribution is -0.155. The first kappa shape index (κ1) is 42.4. The van der Waals surface area contributed by atoms with E-state index in [1.54, 1.807) is 0 Å². The van der Waals surface area contributed by atoms with Crippen molar-refractivity contribution in [3.8, 4) is 0 Å². The van der Waals surface area contributed by atoms with Crippen LogP contribution in [0.4, 0.5) is 52.7 Å². The Labute approximate surface area is 260 Å². The fourth-order valence-electron chi connectivity index (χ4n) is 2.16. The van der Waals surface area contributed by atoms with E-state index < -0.39 is 90.4 Å². The maximum Gasteiger partial charge on any atom is 0.340 e. The summed E-state index contributed by atoms with van der Waals surface area (Å²) in [6.45, 7) is -5.56. The summed E-state index contributed by atoms with van der Waals surface area (Å²) in [5, 5.41) is 6.43. The molecule has 0 unspecified atom stereocenters. The molecule has 0 saturated heterocycles. The van der Waals surface area contributed by atoms with E-state index in [0.29, 0.717) is 11.1 Å². The van der Waals surface area contributed by atoms with E-state index in [4.69, 9.17) is 28.3 Å². The Hall–Kier alpha value is -3.58. The minimum Gasteiger partial charge on any atom is -0.455 e. The number of carbonyl (C=O) groups is 4. The van der Waals surface area contributed by atoms with Gasteiger partial charge in [-0.25, -0.2) is 35.9 Å². The van der Waals surface area contributed by atoms with Gasteiger partial charge < -0.3 is 14.6 Å². The molecular formula is C25H18Cl2F12O7. The zero-order valence-corrected chi connectivity index (χ0v) is 23.7. The summed E-state index contributed by atoms with van der Waals surface area (Å²) < 4.78 is 151. The summed E-state index contributed by atoms with van der Waals surface area (Å²) in [5.41, 5.74) is -0.134. The van der Waals surface area contributed by atoms with Crippen LogP contribution in [0.3, 0.4) is 0 Å². The molecule has 21 heteroatoms. The normalized spacial score (nSPS) is 11.7. The van der Waals surface area contributed by atoms with Gasteiger partial charge in [-0.1, -0.05) is 0 Å². The fourth-order valence-corrected chi connectivity index (χ4v) is 2.41. The zero-order chi connectivity index (χ0) is 36.0. The number of halogens is 14. The van der Waals surface area contributed by atoms with Crippen LogP contribution in [0.1, 0.15) is 41.4 Å². The van der Waals surface area contributed by atoms with E-state index in [9.17, 15) is 71.9 Å². The number of rotatable bonds is 12. The smallest absolute Gasteiger partial charge is 0.340 e. The topological polar surface area (TPSA) is 107 Å². The monoisotopic (exact) mass is 728 g/mol. The molecule has 0 fully saturated rings. The molecule has 2 aromatic rings. The molecule has 0 aromatic heterocycles. The van der Waals surface area contributed by atoms with Gasteiger partial charge in [-0.05, 0) is 71.7 Å². The third-order valence-electron chi connectivity index (χ3n) is 4.66. The van der Waals surface area contributed by atoms with Gasteiger partial charge in [0.25, 0.3) is 10.5 Å². The quantitative estimate of drug-likeness (QED) is 0.141. The summed E-state index contributed by atoms with van der Waals surface area (Å²) in [5.74, 6) is -16.1. The van der Waals surface area contributed by atoms with Gasteiger partial charge >= 0.3 is 49.0 Å². The molecular weight excluding hydrogens is 711 g/mol. The average molecular weight is 729 g/mol. The number of aliphatic hydroxyl groups is 1. The van der Waals surface area contributed by atoms with Gasteiger partial charge in [-0.15, -0.1) is 0 Å². The van der Waals surface area contributed by atoms with Crippen LogP contribution in [0.5, 0.6) is 0 Å². The van der Waals surface area contributed by atoms with Crippen LogP contribution in [0.2, 0.25) is 0 Å². The van der Waals surface area contributed by atoms with E-state index in [1.807, 2.05) is 0 Å². The molecule has 0 aliphatic heterocycles. The first-order chi connectivity index (χ1) is 21.0. The predicted molar refractivity (Wildman–Crippen MR) is 134 cm³/mol. The average Bonchev–Trinajstić information content (AvgIpc) is 2.99. The Morgan fingerprint density at radius 3 is 0.957 bits per heavy atom. The summed E-state index contributed by atoms with van der Waals surface area (Å²) in [6, 6.07) is 9.15. The fraction of sp³-hybridized carbons (Fsp3) is 0.360. The highest BCUT2D eigenvalue weighted by Gasteiger charge is 2.43. The van der Waals surface area contributed by atoms with Crippen molar-refractivity contribution in [3.05, 3.63) is 70.8 Å². The number of hydrogen-bond acceptors (Lipinski definition) is 7. The molecule has 1 N–H and O–H groups in total. The molecule has 258 valence electrons. The number of benzene rings is 2. The van der Waals surface area contributed by atoms with E-state index >= 15 is 0 Å². The van der Waals surface area contributed by atoms with E-state index in [-0.39, 0.29) is 0 Å². The molecule has 0 saturated carbocycles. The molecule has 0 heterocycles. The Morgan fingerprint density at radius 2 is 0.783 bits per heavy atom. The molecule has 0 atom stereocenters. The number of ether oxygens (including phenoxy) is 2. The maximum atomic E-state index is 12.6. The first-order valence-electron chi connectivity index (χ1n) is 11.5. The van der Waals surface area contributed by atoms with Crippen LogP contribution < -0.4 is 0 Å². The minimum absolute atomic E-state index is 0.346. The van der Waals surface area contributed by atoms with E-state index in [0.717, 1.165) is 24.3 Å². The lowest BCUT2D eigenvalue weighted by Gasteiger charge is -2.15. The Morgan fingerprint density at radius 1 is 0.543 bits per heavy atom. The molecule has 0 radical (unpaired) electrons. The van der Waals surface area contributed by atoms with Gasteiger partial charge in [0.05, 0.1) is 11.1 Å². The van der Waals surface area contributed by atoms with Gasteiger partial charge in [-0.2, -0.15) is 26.3 Å². The second-order valence-corrected chi connectivity index (χ2v) is 8.88. The minimum atomic E-state index is -4.55. The first-order valence-corrected chi connectivity index (χ1v) is 12.3. The van der Waals surface area contributed by atoms with Gasteiger partial charge in [0.15, 0.2) is 13.2 Å². The number of esters is 2.